The maximum Gasteiger partial charge on any atom is 0.192 e. The second-order valence-corrected chi connectivity index (χ2v) is 12.5. The molecule has 1 saturated heterocycles. The van der Waals surface area contributed by atoms with E-state index in [0.717, 1.165) is 44.9 Å². The minimum atomic E-state index is -1.42. The Bertz CT molecular complexity index is 759. The molecule has 4 aliphatic carbocycles. The second kappa shape index (κ2) is 9.50. The van der Waals surface area contributed by atoms with Crippen molar-refractivity contribution in [1.82, 2.24) is 0 Å². The molecule has 0 amide bonds. The quantitative estimate of drug-likeness (QED) is 0.462. The van der Waals surface area contributed by atoms with Crippen molar-refractivity contribution in [2.75, 3.05) is 13.7 Å². The molecular weight excluding hydrogens is 493 g/mol. The molecule has 0 aromatic carbocycles. The molecule has 0 spiro atoms. The zero-order valence-corrected chi connectivity index (χ0v) is 23.8. The maximum atomic E-state index is 11.4. The molecule has 1 radical (unpaired) electrons. The average molecular weight is 538 g/mol. The Morgan fingerprint density at radius 3 is 2.67 bits per heavy atom. The third-order valence-corrected chi connectivity index (χ3v) is 10.8. The molecule has 0 aromatic heterocycles. The van der Waals surface area contributed by atoms with Crippen LogP contribution in [0.4, 0.5) is 0 Å². The van der Waals surface area contributed by atoms with Gasteiger partial charge in [0.25, 0.3) is 0 Å². The Morgan fingerprint density at radius 2 is 1.94 bits per heavy atom. The number of ether oxygens (including phenoxy) is 2. The van der Waals surface area contributed by atoms with Gasteiger partial charge in [-0.05, 0) is 85.9 Å². The van der Waals surface area contributed by atoms with Crippen molar-refractivity contribution in [2.45, 2.75) is 103 Å². The van der Waals surface area contributed by atoms with E-state index in [1.807, 2.05) is 0 Å². The van der Waals surface area contributed by atoms with Crippen molar-refractivity contribution < 1.29 is 57.5 Å². The normalized spacial score (nSPS) is 51.5. The Balaban J connectivity index is 0.00000259. The predicted molar refractivity (Wildman–Crippen MR) is 123 cm³/mol. The van der Waals surface area contributed by atoms with E-state index >= 15 is 0 Å². The number of aliphatic hydroxyl groups is 3. The van der Waals surface area contributed by atoms with E-state index in [2.05, 4.69) is 26.8 Å². The summed E-state index contributed by atoms with van der Waals surface area (Å²) in [4.78, 5) is 0. The molecule has 0 aromatic rings. The first kappa shape index (κ1) is 26.7. The van der Waals surface area contributed by atoms with Crippen molar-refractivity contribution in [2.24, 2.45) is 40.4 Å². The molecule has 1 aliphatic heterocycles. The Hall–Kier alpha value is 0.644. The standard InChI is InChI=1S/C27H44O5.Y/c1-16(15-31-4)7-12-27(30)24(29)23-22(32-27)14-21-19-6-5-17-13-18(28)8-10-25(17,2)20(19)9-11-26(21,23)3;/h5,16,18-24,28-30H,6-15H2,1-4H3;/t16?,18-,19+,20-,21-,22-,23+,24-,25-,26-,27?;/m0./s1. The summed E-state index contributed by atoms with van der Waals surface area (Å²) in [6.45, 7) is 7.60. The Kier molecular flexibility index (Phi) is 7.69. The van der Waals surface area contributed by atoms with E-state index < -0.39 is 11.9 Å². The zero-order valence-electron chi connectivity index (χ0n) is 21.0. The summed E-state index contributed by atoms with van der Waals surface area (Å²) in [5, 5.41) is 32.9. The van der Waals surface area contributed by atoms with Gasteiger partial charge in [0.15, 0.2) is 5.79 Å². The van der Waals surface area contributed by atoms with Crippen LogP contribution in [0.15, 0.2) is 11.6 Å². The van der Waals surface area contributed by atoms with Gasteiger partial charge in [-0.15, -0.1) is 0 Å². The van der Waals surface area contributed by atoms with Crippen LogP contribution in [0.1, 0.15) is 78.6 Å². The minimum Gasteiger partial charge on any atom is -0.393 e. The van der Waals surface area contributed by atoms with Crippen LogP contribution in [0.2, 0.25) is 0 Å². The van der Waals surface area contributed by atoms with Crippen LogP contribution >= 0.6 is 0 Å². The molecule has 5 rings (SSSR count). The van der Waals surface area contributed by atoms with Crippen molar-refractivity contribution in [3.05, 3.63) is 11.6 Å². The fourth-order valence-electron chi connectivity index (χ4n) is 8.99. The number of methoxy groups -OCH3 is 1. The van der Waals surface area contributed by atoms with Crippen LogP contribution in [0.25, 0.3) is 0 Å². The average Bonchev–Trinajstić information content (AvgIpc) is 3.17. The molecule has 3 N–H and O–H groups in total. The number of aliphatic hydroxyl groups excluding tert-OH is 2. The summed E-state index contributed by atoms with van der Waals surface area (Å²) in [6.07, 6.45) is 9.86. The number of allylic oxidation sites excluding steroid dienone is 1. The first-order chi connectivity index (χ1) is 15.1. The number of hydrogen-bond donors (Lipinski definition) is 3. The summed E-state index contributed by atoms with van der Waals surface area (Å²) in [5.41, 5.74) is 1.73. The van der Waals surface area contributed by atoms with Gasteiger partial charge >= 0.3 is 0 Å². The van der Waals surface area contributed by atoms with E-state index in [0.29, 0.717) is 36.7 Å². The van der Waals surface area contributed by atoms with Crippen LogP contribution in [0.5, 0.6) is 0 Å². The van der Waals surface area contributed by atoms with E-state index in [-0.39, 0.29) is 61.7 Å². The predicted octanol–water partition coefficient (Wildman–Crippen LogP) is 4.04. The molecule has 6 heteroatoms. The van der Waals surface area contributed by atoms with E-state index in [9.17, 15) is 15.3 Å². The molecule has 3 saturated carbocycles. The van der Waals surface area contributed by atoms with Gasteiger partial charge in [0, 0.05) is 58.8 Å². The third kappa shape index (κ3) is 4.18. The molecule has 4 fully saturated rings. The first-order valence-electron chi connectivity index (χ1n) is 13.1. The molecule has 5 aliphatic rings. The number of fused-ring (bicyclic) bond motifs is 7. The fraction of sp³-hybridized carbons (Fsp3) is 0.926. The molecule has 0 bridgehead atoms. The van der Waals surface area contributed by atoms with Gasteiger partial charge < -0.3 is 24.8 Å². The largest absolute Gasteiger partial charge is 0.393 e. The fourth-order valence-corrected chi connectivity index (χ4v) is 8.99. The molecule has 33 heavy (non-hydrogen) atoms. The van der Waals surface area contributed by atoms with Crippen LogP contribution in [-0.4, -0.2) is 53.1 Å². The van der Waals surface area contributed by atoms with Gasteiger partial charge in [-0.2, -0.15) is 0 Å². The first-order valence-corrected chi connectivity index (χ1v) is 13.1. The van der Waals surface area contributed by atoms with Crippen molar-refractivity contribution in [3.8, 4) is 0 Å². The van der Waals surface area contributed by atoms with Gasteiger partial charge in [-0.3, -0.25) is 0 Å². The van der Waals surface area contributed by atoms with E-state index in [1.165, 1.54) is 12.0 Å². The minimum absolute atomic E-state index is 0. The molecular formula is C27H44O5Y. The summed E-state index contributed by atoms with van der Waals surface area (Å²) in [6, 6.07) is 0. The third-order valence-electron chi connectivity index (χ3n) is 10.8. The molecule has 11 atom stereocenters. The van der Waals surface area contributed by atoms with Crippen molar-refractivity contribution in [1.29, 1.82) is 0 Å². The number of hydrogen-bond acceptors (Lipinski definition) is 5. The van der Waals surface area contributed by atoms with E-state index in [1.54, 1.807) is 7.11 Å². The molecule has 2 unspecified atom stereocenters. The second-order valence-electron chi connectivity index (χ2n) is 12.5. The van der Waals surface area contributed by atoms with Gasteiger partial charge in [-0.1, -0.05) is 32.4 Å². The van der Waals surface area contributed by atoms with E-state index in [4.69, 9.17) is 9.47 Å². The molecule has 5 nitrogen and oxygen atoms in total. The maximum absolute atomic E-state index is 11.4. The Morgan fingerprint density at radius 1 is 1.18 bits per heavy atom. The summed E-state index contributed by atoms with van der Waals surface area (Å²) in [7, 11) is 1.70. The molecule has 185 valence electrons. The topological polar surface area (TPSA) is 79.2 Å². The van der Waals surface area contributed by atoms with Gasteiger partial charge in [-0.25, -0.2) is 0 Å². The summed E-state index contributed by atoms with van der Waals surface area (Å²) < 4.78 is 11.6. The van der Waals surface area contributed by atoms with Crippen molar-refractivity contribution >= 4 is 0 Å². The van der Waals surface area contributed by atoms with Gasteiger partial charge in [0.05, 0.1) is 12.2 Å². The van der Waals surface area contributed by atoms with Crippen LogP contribution in [0, 0.1) is 40.4 Å². The SMILES string of the molecule is COCC(C)CCC1(O)O[C@H]2C[C@H]3[C@@H]4CC=C5C[C@@H](O)CC[C@]5(C)[C@H]4CC[C@]3(C)[C@H]2[C@@H]1O.[Y]. The van der Waals surface area contributed by atoms with Crippen LogP contribution in [-0.2, 0) is 42.2 Å². The summed E-state index contributed by atoms with van der Waals surface area (Å²) in [5.74, 6) is 0.739. The Labute approximate surface area is 225 Å². The van der Waals surface area contributed by atoms with Gasteiger partial charge in [0.2, 0.25) is 0 Å². The van der Waals surface area contributed by atoms with Crippen LogP contribution in [0.3, 0.4) is 0 Å². The smallest absolute Gasteiger partial charge is 0.192 e. The van der Waals surface area contributed by atoms with Crippen LogP contribution < -0.4 is 0 Å². The zero-order chi connectivity index (χ0) is 22.9. The summed E-state index contributed by atoms with van der Waals surface area (Å²) >= 11 is 0. The van der Waals surface area contributed by atoms with Gasteiger partial charge in [0.1, 0.15) is 6.10 Å². The molecule has 1 heterocycles. The monoisotopic (exact) mass is 537 g/mol. The van der Waals surface area contributed by atoms with Crippen molar-refractivity contribution in [3.63, 3.8) is 0 Å². The number of rotatable bonds is 5.